The molecule has 0 radical (unpaired) electrons. The van der Waals surface area contributed by atoms with E-state index in [1.807, 2.05) is 0 Å². The highest BCUT2D eigenvalue weighted by molar-refractivity contribution is 5.82. The Bertz CT molecular complexity index is 597. The summed E-state index contributed by atoms with van der Waals surface area (Å²) in [4.78, 5) is 24.2. The molecule has 0 spiro atoms. The van der Waals surface area contributed by atoms with E-state index < -0.39 is 5.41 Å². The van der Waals surface area contributed by atoms with Gasteiger partial charge in [-0.15, -0.1) is 0 Å². The third kappa shape index (κ3) is 5.72. The second-order valence-electron chi connectivity index (χ2n) is 9.75. The van der Waals surface area contributed by atoms with Crippen LogP contribution in [-0.4, -0.2) is 62.7 Å². The van der Waals surface area contributed by atoms with Crippen LogP contribution >= 0.6 is 0 Å². The lowest BCUT2D eigenvalue weighted by molar-refractivity contribution is -0.142. The minimum Gasteiger partial charge on any atom is -0.373 e. The fourth-order valence-electron chi connectivity index (χ4n) is 5.41. The number of rotatable bonds is 17. The summed E-state index contributed by atoms with van der Waals surface area (Å²) < 4.78 is 22.4. The quantitative estimate of drug-likeness (QED) is 0.268. The molecule has 4 atom stereocenters. The number of hydrogen-bond donors (Lipinski definition) is 2. The molecule has 170 valence electrons. The Morgan fingerprint density at radius 2 is 1.13 bits per heavy atom. The maximum atomic E-state index is 13.2. The zero-order chi connectivity index (χ0) is 21.2. The number of amides is 2. The number of carbonyl (C=O) groups is 2. The minimum atomic E-state index is -0.680. The molecule has 0 aromatic carbocycles. The Balaban J connectivity index is 1.53. The van der Waals surface area contributed by atoms with E-state index in [2.05, 4.69) is 0 Å². The topological polar surface area (TPSA) is 136 Å². The number of epoxide rings is 4. The van der Waals surface area contributed by atoms with Gasteiger partial charge in [-0.2, -0.15) is 0 Å². The van der Waals surface area contributed by atoms with Gasteiger partial charge >= 0.3 is 0 Å². The number of ether oxygens (including phenoxy) is 4. The van der Waals surface area contributed by atoms with Gasteiger partial charge in [-0.3, -0.25) is 9.59 Å². The summed E-state index contributed by atoms with van der Waals surface area (Å²) in [7, 11) is 0. The van der Waals surface area contributed by atoms with Crippen molar-refractivity contribution in [3.63, 3.8) is 0 Å². The van der Waals surface area contributed by atoms with Crippen molar-refractivity contribution in [2.75, 3.05) is 26.4 Å². The molecule has 2 amide bonds. The second-order valence-corrected chi connectivity index (χ2v) is 9.75. The maximum Gasteiger partial charge on any atom is 0.224 e. The number of nitrogens with two attached hydrogens (primary N) is 2. The SMILES string of the molecule is NC(=O)CCCCCCC(CC1CO1)(CC1CO1)C(CC1CO1)(CC1CO1)C(N)=O. The van der Waals surface area contributed by atoms with Crippen molar-refractivity contribution >= 4 is 11.8 Å². The van der Waals surface area contributed by atoms with Crippen LogP contribution in [0, 0.1) is 10.8 Å². The van der Waals surface area contributed by atoms with Gasteiger partial charge in [0.05, 0.1) is 56.3 Å². The molecular weight excluding hydrogens is 388 g/mol. The summed E-state index contributed by atoms with van der Waals surface area (Å²) in [5.74, 6) is -0.480. The molecule has 4 unspecified atom stereocenters. The Morgan fingerprint density at radius 1 is 0.700 bits per heavy atom. The van der Waals surface area contributed by atoms with Gasteiger partial charge in [-0.05, 0) is 43.9 Å². The lowest BCUT2D eigenvalue weighted by Crippen LogP contribution is -2.54. The molecule has 0 aliphatic carbocycles. The summed E-state index contributed by atoms with van der Waals surface area (Å²) in [6.45, 7) is 2.90. The molecule has 4 fully saturated rings. The minimum absolute atomic E-state index is 0.103. The van der Waals surface area contributed by atoms with Crippen LogP contribution in [0.5, 0.6) is 0 Å². The molecular formula is C22H36N2O6. The second kappa shape index (κ2) is 9.10. The van der Waals surface area contributed by atoms with E-state index in [9.17, 15) is 9.59 Å². The van der Waals surface area contributed by atoms with Crippen molar-refractivity contribution in [1.29, 1.82) is 0 Å². The third-order valence-corrected chi connectivity index (χ3v) is 7.31. The van der Waals surface area contributed by atoms with Crippen LogP contribution in [0.3, 0.4) is 0 Å². The van der Waals surface area contributed by atoms with Crippen LogP contribution in [-0.2, 0) is 28.5 Å². The lowest BCUT2D eigenvalue weighted by atomic mass is 9.53. The summed E-state index contributed by atoms with van der Waals surface area (Å²) in [6.07, 6.45) is 8.64. The van der Waals surface area contributed by atoms with Crippen molar-refractivity contribution in [3.05, 3.63) is 0 Å². The summed E-state index contributed by atoms with van der Waals surface area (Å²) >= 11 is 0. The first-order chi connectivity index (χ1) is 14.4. The summed E-state index contributed by atoms with van der Waals surface area (Å²) in [5, 5.41) is 0. The average Bonchev–Trinajstić information content (AvgIpc) is 3.53. The van der Waals surface area contributed by atoms with Crippen molar-refractivity contribution in [3.8, 4) is 0 Å². The van der Waals surface area contributed by atoms with Gasteiger partial charge in [0.1, 0.15) is 0 Å². The Labute approximate surface area is 178 Å². The van der Waals surface area contributed by atoms with E-state index in [1.54, 1.807) is 0 Å². The average molecular weight is 425 g/mol. The van der Waals surface area contributed by atoms with Crippen molar-refractivity contribution in [2.45, 2.75) is 88.6 Å². The molecule has 8 heteroatoms. The number of unbranched alkanes of at least 4 members (excludes halogenated alkanes) is 3. The molecule has 4 aliphatic heterocycles. The maximum absolute atomic E-state index is 13.2. The van der Waals surface area contributed by atoms with E-state index in [-0.39, 0.29) is 41.6 Å². The van der Waals surface area contributed by atoms with Gasteiger partial charge < -0.3 is 30.4 Å². The first-order valence-electron chi connectivity index (χ1n) is 11.5. The Hall–Kier alpha value is -1.22. The zero-order valence-corrected chi connectivity index (χ0v) is 17.8. The molecule has 0 aromatic rings. The monoisotopic (exact) mass is 424 g/mol. The highest BCUT2D eigenvalue weighted by Gasteiger charge is 2.61. The van der Waals surface area contributed by atoms with Gasteiger partial charge in [0.15, 0.2) is 0 Å². The van der Waals surface area contributed by atoms with Crippen LogP contribution in [0.2, 0.25) is 0 Å². The molecule has 4 rings (SSSR count). The van der Waals surface area contributed by atoms with Crippen molar-refractivity contribution in [1.82, 2.24) is 0 Å². The molecule has 8 nitrogen and oxygen atoms in total. The van der Waals surface area contributed by atoms with Gasteiger partial charge in [-0.1, -0.05) is 19.3 Å². The fourth-order valence-corrected chi connectivity index (χ4v) is 5.41. The predicted octanol–water partition coefficient (Wildman–Crippen LogP) is 1.43. The largest absolute Gasteiger partial charge is 0.373 e. The molecule has 4 aliphatic rings. The molecule has 4 heterocycles. The summed E-state index contributed by atoms with van der Waals surface area (Å²) in [6, 6.07) is 0. The van der Waals surface area contributed by atoms with Crippen LogP contribution in [0.15, 0.2) is 0 Å². The molecule has 0 aromatic heterocycles. The van der Waals surface area contributed by atoms with E-state index in [0.717, 1.165) is 58.2 Å². The van der Waals surface area contributed by atoms with Crippen LogP contribution < -0.4 is 11.5 Å². The molecule has 4 N–H and O–H groups in total. The van der Waals surface area contributed by atoms with E-state index in [0.29, 0.717) is 32.5 Å². The summed E-state index contributed by atoms with van der Waals surface area (Å²) in [5.41, 5.74) is 10.5. The number of primary amides is 2. The smallest absolute Gasteiger partial charge is 0.224 e. The van der Waals surface area contributed by atoms with E-state index in [4.69, 9.17) is 30.4 Å². The molecule has 0 saturated carbocycles. The van der Waals surface area contributed by atoms with Crippen molar-refractivity contribution in [2.24, 2.45) is 22.3 Å². The first-order valence-corrected chi connectivity index (χ1v) is 11.5. The zero-order valence-electron chi connectivity index (χ0n) is 17.8. The van der Waals surface area contributed by atoms with Gasteiger partial charge in [0.25, 0.3) is 0 Å². The van der Waals surface area contributed by atoms with Gasteiger partial charge in [0.2, 0.25) is 11.8 Å². The first kappa shape index (κ1) is 22.0. The van der Waals surface area contributed by atoms with E-state index in [1.165, 1.54) is 0 Å². The normalized spacial score (nSPS) is 32.7. The van der Waals surface area contributed by atoms with Crippen molar-refractivity contribution < 1.29 is 28.5 Å². The van der Waals surface area contributed by atoms with E-state index >= 15 is 0 Å². The predicted molar refractivity (Wildman–Crippen MR) is 108 cm³/mol. The van der Waals surface area contributed by atoms with Gasteiger partial charge in [0, 0.05) is 6.42 Å². The number of carbonyl (C=O) groups excluding carboxylic acids is 2. The third-order valence-electron chi connectivity index (χ3n) is 7.31. The Kier molecular flexibility index (Phi) is 6.67. The lowest BCUT2D eigenvalue weighted by Gasteiger charge is -2.49. The number of hydrogen-bond acceptors (Lipinski definition) is 6. The Morgan fingerprint density at radius 3 is 1.53 bits per heavy atom. The molecule has 4 saturated heterocycles. The fraction of sp³-hybridized carbons (Fsp3) is 0.909. The highest BCUT2D eigenvalue weighted by Crippen LogP contribution is 2.59. The van der Waals surface area contributed by atoms with Crippen LogP contribution in [0.4, 0.5) is 0 Å². The van der Waals surface area contributed by atoms with Crippen LogP contribution in [0.1, 0.15) is 64.2 Å². The van der Waals surface area contributed by atoms with Gasteiger partial charge in [-0.25, -0.2) is 0 Å². The van der Waals surface area contributed by atoms with Crippen LogP contribution in [0.25, 0.3) is 0 Å². The highest BCUT2D eigenvalue weighted by atomic mass is 16.6. The molecule has 0 bridgehead atoms. The standard InChI is InChI=1S/C22H36N2O6/c23-19(25)5-3-1-2-4-6-21(7-15-11-27-15,8-16-12-28-16)22(20(24)26,9-17-13-29-17)10-18-14-30-18/h15-18H,1-14H2,(H2,23,25)(H2,24,26). The molecule has 30 heavy (non-hydrogen) atoms.